The Morgan fingerprint density at radius 3 is 1.73 bits per heavy atom. The van der Waals surface area contributed by atoms with Crippen molar-refractivity contribution in [2.75, 3.05) is 0 Å². The van der Waals surface area contributed by atoms with Crippen molar-refractivity contribution in [2.24, 2.45) is 0 Å². The molecule has 3 nitrogen and oxygen atoms in total. The summed E-state index contributed by atoms with van der Waals surface area (Å²) in [5.74, 6) is 0.351. The summed E-state index contributed by atoms with van der Waals surface area (Å²) < 4.78 is 15.1. The van der Waals surface area contributed by atoms with Gasteiger partial charge in [-0.1, -0.05) is 140 Å². The van der Waals surface area contributed by atoms with Gasteiger partial charge in [-0.15, -0.1) is 23.1 Å². The summed E-state index contributed by atoms with van der Waals surface area (Å²) in [6.45, 7) is 0. The molecule has 4 aromatic heterocycles. The summed E-state index contributed by atoms with van der Waals surface area (Å²) in [7, 11) is 0. The molecule has 73 heavy (non-hydrogen) atoms. The Morgan fingerprint density at radius 2 is 1.04 bits per heavy atom. The van der Waals surface area contributed by atoms with E-state index in [2.05, 4.69) is 228 Å². The van der Waals surface area contributed by atoms with Crippen molar-refractivity contribution in [3.8, 4) is 22.5 Å². The minimum atomic E-state index is 0.351. The maximum Gasteiger partial charge on any atom is 0.136 e. The Bertz CT molecular complexity index is 4950. The van der Waals surface area contributed by atoms with Gasteiger partial charge < -0.3 is 13.6 Å². The largest absolute Gasteiger partial charge is 0.456 e. The van der Waals surface area contributed by atoms with Crippen LogP contribution in [0.2, 0.25) is 0 Å². The van der Waals surface area contributed by atoms with Gasteiger partial charge in [0.2, 0.25) is 0 Å². The minimum absolute atomic E-state index is 0.351. The normalized spacial score (nSPS) is 16.3. The highest BCUT2D eigenvalue weighted by molar-refractivity contribution is 8.00. The van der Waals surface area contributed by atoms with Crippen molar-refractivity contribution in [1.82, 2.24) is 9.13 Å². The van der Waals surface area contributed by atoms with Crippen LogP contribution in [0.3, 0.4) is 0 Å². The van der Waals surface area contributed by atoms with Crippen LogP contribution in [-0.4, -0.2) is 14.4 Å². The summed E-state index contributed by atoms with van der Waals surface area (Å²) in [6, 6.07) is 70.3. The maximum atomic E-state index is 7.51. The van der Waals surface area contributed by atoms with Gasteiger partial charge in [-0.2, -0.15) is 0 Å². The van der Waals surface area contributed by atoms with Crippen LogP contribution in [0.5, 0.6) is 0 Å². The van der Waals surface area contributed by atoms with Crippen molar-refractivity contribution in [2.45, 2.75) is 28.9 Å². The summed E-state index contributed by atoms with van der Waals surface area (Å²) in [5, 5.41) is 15.3. The third-order valence-electron chi connectivity index (χ3n) is 16.3. The zero-order chi connectivity index (χ0) is 47.5. The number of thioether (sulfide) groups is 1. The van der Waals surface area contributed by atoms with Gasteiger partial charge in [0.25, 0.3) is 0 Å². The Morgan fingerprint density at radius 1 is 0.452 bits per heavy atom. The number of hydrogen-bond acceptors (Lipinski definition) is 3. The van der Waals surface area contributed by atoms with Crippen LogP contribution in [0.4, 0.5) is 0 Å². The van der Waals surface area contributed by atoms with E-state index in [-0.39, 0.29) is 0 Å². The fourth-order valence-electron chi connectivity index (χ4n) is 13.2. The van der Waals surface area contributed by atoms with E-state index in [0.29, 0.717) is 11.2 Å². The molecule has 5 heteroatoms. The lowest BCUT2D eigenvalue weighted by Crippen LogP contribution is -2.25. The fraction of sp³-hybridized carbons (Fsp3) is 0.0588. The number of nitrogens with zero attached hydrogens (tertiary/aromatic N) is 2. The second kappa shape index (κ2) is 15.1. The van der Waals surface area contributed by atoms with E-state index in [0.717, 1.165) is 35.4 Å². The molecule has 0 saturated carbocycles. The standard InChI is InChI=1S/C68H42N2OS2/c1-3-17-39(18-4-1)69-57-29-11-7-21-41(57)53-33-55-49(35-59(53)69)51(47-27-15-25-45-43-23-9-13-31-63(43)72-67(45)47)37-61-65(55)66-56-34-54-42-22-8-12-30-58(42)70(40-19-5-2-6-20-40)60(54)36-50(56)52(38-62(66)71-61)48-28-16-26-46-44-24-10-14-32-64(44)73-68(46)48/h1-15,17-27,29-38,43,63H,16,28H2. The second-order valence-electron chi connectivity index (χ2n) is 20.1. The van der Waals surface area contributed by atoms with Gasteiger partial charge in [-0.3, -0.25) is 0 Å². The zero-order valence-electron chi connectivity index (χ0n) is 39.5. The van der Waals surface area contributed by atoms with Gasteiger partial charge in [0, 0.05) is 69.0 Å². The Balaban J connectivity index is 1.07. The van der Waals surface area contributed by atoms with Crippen molar-refractivity contribution in [3.63, 3.8) is 0 Å². The van der Waals surface area contributed by atoms with E-state index in [1.807, 2.05) is 23.1 Å². The van der Waals surface area contributed by atoms with Crippen LogP contribution in [0.25, 0.3) is 131 Å². The predicted molar refractivity (Wildman–Crippen MR) is 311 cm³/mol. The first-order valence-corrected chi connectivity index (χ1v) is 27.1. The number of benzene rings is 10. The number of aromatic nitrogens is 2. The average Bonchev–Trinajstić information content (AvgIpc) is 4.26. The lowest BCUT2D eigenvalue weighted by atomic mass is 9.87. The molecule has 0 radical (unpaired) electrons. The molecule has 17 rings (SSSR count). The first-order valence-electron chi connectivity index (χ1n) is 25.4. The van der Waals surface area contributed by atoms with Crippen LogP contribution < -0.4 is 9.75 Å². The molecule has 1 aliphatic heterocycles. The van der Waals surface area contributed by atoms with E-state index < -0.39 is 0 Å². The van der Waals surface area contributed by atoms with Crippen molar-refractivity contribution < 1.29 is 4.42 Å². The highest BCUT2D eigenvalue weighted by atomic mass is 32.2. The molecule has 0 N–H and O–H groups in total. The molecular weight excluding hydrogens is 925 g/mol. The molecule has 2 atom stereocenters. The molecule has 3 aliphatic rings. The van der Waals surface area contributed by atoms with E-state index >= 15 is 0 Å². The molecule has 2 aliphatic carbocycles. The van der Waals surface area contributed by atoms with Gasteiger partial charge in [0.05, 0.1) is 22.1 Å². The van der Waals surface area contributed by atoms with Crippen LogP contribution in [0.15, 0.2) is 222 Å². The van der Waals surface area contributed by atoms with Gasteiger partial charge >= 0.3 is 0 Å². The molecule has 0 saturated heterocycles. The van der Waals surface area contributed by atoms with Crippen LogP contribution in [0.1, 0.15) is 29.9 Å². The third kappa shape index (κ3) is 5.61. The summed E-state index contributed by atoms with van der Waals surface area (Å²) in [5.41, 5.74) is 15.5. The van der Waals surface area contributed by atoms with E-state index in [1.165, 1.54) is 128 Å². The first-order chi connectivity index (χ1) is 36.2. The summed E-state index contributed by atoms with van der Waals surface area (Å²) >= 11 is 3.94. The molecule has 14 aromatic rings. The van der Waals surface area contributed by atoms with E-state index in [4.69, 9.17) is 4.42 Å². The molecular formula is C68H42N2OS2. The molecule has 2 unspecified atom stereocenters. The lowest BCUT2D eigenvalue weighted by Gasteiger charge is -2.16. The quantitative estimate of drug-likeness (QED) is 0.175. The highest BCUT2D eigenvalue weighted by Crippen LogP contribution is 2.54. The first kappa shape index (κ1) is 40.3. The number of rotatable bonds is 4. The van der Waals surface area contributed by atoms with Crippen LogP contribution in [0, 0.1) is 0 Å². The average molecular weight is 967 g/mol. The lowest BCUT2D eigenvalue weighted by molar-refractivity contribution is 0.669. The number of para-hydroxylation sites is 4. The minimum Gasteiger partial charge on any atom is -0.456 e. The number of thiophene rings is 1. The van der Waals surface area contributed by atoms with E-state index in [1.54, 1.807) is 0 Å². The molecule has 0 amide bonds. The van der Waals surface area contributed by atoms with Crippen LogP contribution in [-0.2, 0) is 0 Å². The molecule has 0 fully saturated rings. The monoisotopic (exact) mass is 966 g/mol. The SMILES string of the molecule is C1=CC2Sc3c(-c4cc5oc6cc(C7=c8sc9ccccc9c8=CCC7)c7cc8c(cc7c6c5c5cc6c7ccccc7n(-c7ccccc7)c6cc45)c4ccccc4n8-c4ccccc4)cccc3C2C=C1. The van der Waals surface area contributed by atoms with Crippen molar-refractivity contribution in [1.29, 1.82) is 0 Å². The number of hydrogen-bond donors (Lipinski definition) is 0. The Hall–Kier alpha value is -8.35. The molecule has 342 valence electrons. The predicted octanol–water partition coefficient (Wildman–Crippen LogP) is 17.4. The number of fused-ring (bicyclic) bond motifs is 19. The van der Waals surface area contributed by atoms with E-state index in [9.17, 15) is 0 Å². The van der Waals surface area contributed by atoms with Crippen LogP contribution >= 0.6 is 23.1 Å². The molecule has 5 heterocycles. The van der Waals surface area contributed by atoms with Gasteiger partial charge in [0.1, 0.15) is 11.2 Å². The molecule has 0 bridgehead atoms. The molecule has 10 aromatic carbocycles. The number of furan rings is 1. The fourth-order valence-corrected chi connectivity index (χ4v) is 16.0. The maximum absolute atomic E-state index is 7.51. The second-order valence-corrected chi connectivity index (χ2v) is 22.3. The van der Waals surface area contributed by atoms with Crippen molar-refractivity contribution in [3.05, 3.63) is 233 Å². The van der Waals surface area contributed by atoms with Crippen molar-refractivity contribution >= 4 is 132 Å². The Kier molecular flexibility index (Phi) is 8.33. The Labute approximate surface area is 427 Å². The topological polar surface area (TPSA) is 23.0 Å². The van der Waals surface area contributed by atoms with Gasteiger partial charge in [-0.05, 0) is 152 Å². The highest BCUT2D eigenvalue weighted by Gasteiger charge is 2.34. The number of allylic oxidation sites excluding steroid dienone is 3. The van der Waals surface area contributed by atoms with Gasteiger partial charge in [-0.25, -0.2) is 0 Å². The van der Waals surface area contributed by atoms with Gasteiger partial charge in [0.15, 0.2) is 0 Å². The third-order valence-corrected chi connectivity index (χ3v) is 19.0. The summed E-state index contributed by atoms with van der Waals surface area (Å²) in [6.07, 6.45) is 13.6. The molecule has 0 spiro atoms. The zero-order valence-corrected chi connectivity index (χ0v) is 41.1. The smallest absolute Gasteiger partial charge is 0.136 e. The summed E-state index contributed by atoms with van der Waals surface area (Å²) in [4.78, 5) is 1.36.